The summed E-state index contributed by atoms with van der Waals surface area (Å²) in [6.45, 7) is 0. The number of nitrogens with one attached hydrogen (secondary N) is 1. The number of azide groups is 1. The molecule has 3 rings (SSSR count). The molecule has 0 spiro atoms. The van der Waals surface area contributed by atoms with Gasteiger partial charge in [0.1, 0.15) is 0 Å². The largest absolute Gasteiger partial charge is 0.288 e. The van der Waals surface area contributed by atoms with Crippen LogP contribution >= 0.6 is 0 Å². The van der Waals surface area contributed by atoms with E-state index in [-0.39, 0.29) is 11.3 Å². The normalized spacial score (nSPS) is 13.1. The van der Waals surface area contributed by atoms with Gasteiger partial charge in [-0.1, -0.05) is 29.4 Å². The summed E-state index contributed by atoms with van der Waals surface area (Å²) in [6.07, 6.45) is 0. The Kier molecular flexibility index (Phi) is 2.05. The number of hydrogen-bond donors (Lipinski definition) is 1. The number of benzene rings is 2. The smallest absolute Gasteiger partial charge is 0.259 e. The third-order valence-electron chi connectivity index (χ3n) is 2.87. The fourth-order valence-corrected chi connectivity index (χ4v) is 2.15. The molecule has 0 saturated carbocycles. The van der Waals surface area contributed by atoms with E-state index >= 15 is 0 Å². The second-order valence-corrected chi connectivity index (χ2v) is 3.84. The average molecular weight is 238 g/mol. The first kappa shape index (κ1) is 10.3. The molecule has 2 amide bonds. The Morgan fingerprint density at radius 1 is 1.11 bits per heavy atom. The summed E-state index contributed by atoms with van der Waals surface area (Å²) in [6, 6.07) is 8.46. The highest BCUT2D eigenvalue weighted by Crippen LogP contribution is 2.33. The highest BCUT2D eigenvalue weighted by molar-refractivity contribution is 6.27. The highest BCUT2D eigenvalue weighted by atomic mass is 16.2. The van der Waals surface area contributed by atoms with Crippen LogP contribution in [0.3, 0.4) is 0 Å². The molecule has 1 N–H and O–H groups in total. The fraction of sp³-hybridized carbons (Fsp3) is 0. The fourth-order valence-electron chi connectivity index (χ4n) is 2.15. The van der Waals surface area contributed by atoms with Crippen molar-refractivity contribution in [1.82, 2.24) is 5.32 Å². The minimum atomic E-state index is -0.535. The summed E-state index contributed by atoms with van der Waals surface area (Å²) >= 11 is 0. The molecule has 86 valence electrons. The summed E-state index contributed by atoms with van der Waals surface area (Å²) in [7, 11) is 0. The predicted octanol–water partition coefficient (Wildman–Crippen LogP) is 2.67. The average Bonchev–Trinajstić information content (AvgIpc) is 2.36. The van der Waals surface area contributed by atoms with Crippen molar-refractivity contribution in [2.75, 3.05) is 0 Å². The van der Waals surface area contributed by atoms with Crippen LogP contribution in [0.2, 0.25) is 0 Å². The lowest BCUT2D eigenvalue weighted by molar-refractivity contribution is 0.0845. The molecule has 0 radical (unpaired) electrons. The zero-order chi connectivity index (χ0) is 12.7. The molecule has 0 aromatic heterocycles. The number of carbonyl (C=O) groups excluding carboxylic acids is 2. The van der Waals surface area contributed by atoms with Crippen LogP contribution in [0.15, 0.2) is 35.4 Å². The first-order chi connectivity index (χ1) is 8.72. The molecule has 0 unspecified atom stereocenters. The molecule has 1 aliphatic rings. The van der Waals surface area contributed by atoms with Crippen molar-refractivity contribution >= 4 is 28.3 Å². The third kappa shape index (κ3) is 1.27. The second kappa shape index (κ2) is 3.58. The van der Waals surface area contributed by atoms with E-state index in [4.69, 9.17) is 5.53 Å². The maximum absolute atomic E-state index is 11.9. The summed E-state index contributed by atoms with van der Waals surface area (Å²) in [5, 5.41) is 7.02. The molecular formula is C12H6N4O2. The van der Waals surface area contributed by atoms with Gasteiger partial charge in [-0.05, 0) is 17.0 Å². The van der Waals surface area contributed by atoms with Crippen molar-refractivity contribution in [3.8, 4) is 0 Å². The Balaban J connectivity index is 2.54. The topological polar surface area (TPSA) is 94.9 Å². The van der Waals surface area contributed by atoms with Crippen LogP contribution in [-0.4, -0.2) is 11.8 Å². The molecule has 1 aliphatic heterocycles. The van der Waals surface area contributed by atoms with Gasteiger partial charge >= 0.3 is 0 Å². The van der Waals surface area contributed by atoms with Crippen molar-refractivity contribution in [2.45, 2.75) is 0 Å². The highest BCUT2D eigenvalue weighted by Gasteiger charge is 2.26. The van der Waals surface area contributed by atoms with Crippen LogP contribution in [-0.2, 0) is 0 Å². The molecule has 0 aliphatic carbocycles. The number of amides is 2. The Morgan fingerprint density at radius 2 is 1.94 bits per heavy atom. The number of hydrogen-bond acceptors (Lipinski definition) is 3. The quantitative estimate of drug-likeness (QED) is 0.357. The molecule has 0 saturated heterocycles. The zero-order valence-corrected chi connectivity index (χ0v) is 9.04. The Bertz CT molecular complexity index is 760. The van der Waals surface area contributed by atoms with Gasteiger partial charge in [-0.25, -0.2) is 0 Å². The second-order valence-electron chi connectivity index (χ2n) is 3.84. The third-order valence-corrected chi connectivity index (χ3v) is 2.87. The number of rotatable bonds is 1. The van der Waals surface area contributed by atoms with Crippen LogP contribution in [0.1, 0.15) is 20.7 Å². The first-order valence-electron chi connectivity index (χ1n) is 5.19. The van der Waals surface area contributed by atoms with Gasteiger partial charge < -0.3 is 0 Å². The maximum atomic E-state index is 11.9. The molecule has 18 heavy (non-hydrogen) atoms. The number of imide groups is 1. The van der Waals surface area contributed by atoms with E-state index in [1.165, 1.54) is 0 Å². The molecule has 0 atom stereocenters. The van der Waals surface area contributed by atoms with E-state index in [0.29, 0.717) is 10.9 Å². The van der Waals surface area contributed by atoms with Crippen LogP contribution in [0, 0.1) is 0 Å². The van der Waals surface area contributed by atoms with Gasteiger partial charge in [0.25, 0.3) is 11.8 Å². The molecule has 0 bridgehead atoms. The SMILES string of the molecule is [N-]=[N+]=Nc1ccc2cccc3c2c1C(=O)NC3=O. The molecular weight excluding hydrogens is 232 g/mol. The first-order valence-corrected chi connectivity index (χ1v) is 5.19. The van der Waals surface area contributed by atoms with E-state index in [1.54, 1.807) is 30.3 Å². The summed E-state index contributed by atoms with van der Waals surface area (Å²) < 4.78 is 0. The molecule has 2 aromatic rings. The van der Waals surface area contributed by atoms with Gasteiger partial charge in [-0.2, -0.15) is 0 Å². The van der Waals surface area contributed by atoms with Crippen LogP contribution < -0.4 is 5.32 Å². The van der Waals surface area contributed by atoms with E-state index in [9.17, 15) is 9.59 Å². The molecule has 6 heteroatoms. The van der Waals surface area contributed by atoms with Gasteiger partial charge in [0, 0.05) is 15.9 Å². The van der Waals surface area contributed by atoms with Gasteiger partial charge in [-0.3, -0.25) is 14.9 Å². The van der Waals surface area contributed by atoms with Crippen molar-refractivity contribution < 1.29 is 9.59 Å². The van der Waals surface area contributed by atoms with Gasteiger partial charge in [0.05, 0.1) is 11.3 Å². The minimum absolute atomic E-state index is 0.224. The van der Waals surface area contributed by atoms with Crippen LogP contribution in [0.25, 0.3) is 21.2 Å². The lowest BCUT2D eigenvalue weighted by atomic mass is 9.94. The summed E-state index contributed by atoms with van der Waals surface area (Å²) in [5.74, 6) is -0.970. The van der Waals surface area contributed by atoms with E-state index < -0.39 is 11.8 Å². The van der Waals surface area contributed by atoms with Crippen LogP contribution in [0.5, 0.6) is 0 Å². The van der Waals surface area contributed by atoms with Gasteiger partial charge in [0.2, 0.25) is 0 Å². The monoisotopic (exact) mass is 238 g/mol. The van der Waals surface area contributed by atoms with Crippen molar-refractivity contribution in [2.24, 2.45) is 5.11 Å². The number of nitrogens with zero attached hydrogens (tertiary/aromatic N) is 3. The zero-order valence-electron chi connectivity index (χ0n) is 9.04. The van der Waals surface area contributed by atoms with Crippen molar-refractivity contribution in [3.63, 3.8) is 0 Å². The molecule has 2 aromatic carbocycles. The Morgan fingerprint density at radius 3 is 2.72 bits per heavy atom. The van der Waals surface area contributed by atoms with E-state index in [1.807, 2.05) is 0 Å². The predicted molar refractivity (Wildman–Crippen MR) is 64.6 cm³/mol. The lowest BCUT2D eigenvalue weighted by Gasteiger charge is -2.17. The molecule has 0 fully saturated rings. The standard InChI is InChI=1S/C12H6N4O2/c13-16-15-8-5-4-6-2-1-3-7-9(6)10(8)12(18)14-11(7)17/h1-5H,(H,14,17,18). The summed E-state index contributed by atoms with van der Waals surface area (Å²) in [4.78, 5) is 26.3. The molecule has 6 nitrogen and oxygen atoms in total. The van der Waals surface area contributed by atoms with Gasteiger partial charge in [0.15, 0.2) is 0 Å². The Labute approximate surface area is 101 Å². The van der Waals surface area contributed by atoms with E-state index in [0.717, 1.165) is 5.39 Å². The Hall–Kier alpha value is -2.85. The van der Waals surface area contributed by atoms with Gasteiger partial charge in [-0.15, -0.1) is 0 Å². The lowest BCUT2D eigenvalue weighted by Crippen LogP contribution is -2.34. The minimum Gasteiger partial charge on any atom is -0.288 e. The maximum Gasteiger partial charge on any atom is 0.259 e. The van der Waals surface area contributed by atoms with Crippen molar-refractivity contribution in [1.29, 1.82) is 0 Å². The molecule has 1 heterocycles. The number of carbonyl (C=O) groups is 2. The van der Waals surface area contributed by atoms with Crippen LogP contribution in [0.4, 0.5) is 5.69 Å². The van der Waals surface area contributed by atoms with Crippen molar-refractivity contribution in [3.05, 3.63) is 51.9 Å². The van der Waals surface area contributed by atoms with E-state index in [2.05, 4.69) is 15.3 Å². The summed E-state index contributed by atoms with van der Waals surface area (Å²) in [5.41, 5.74) is 9.39.